The Bertz CT molecular complexity index is 992. The van der Waals surface area contributed by atoms with Crippen LogP contribution in [0, 0.1) is 5.82 Å². The number of carboxylic acid groups (broad SMARTS) is 1. The lowest BCUT2D eigenvalue weighted by atomic mass is 10.2. The highest BCUT2D eigenvalue weighted by molar-refractivity contribution is 6.30. The van der Waals surface area contributed by atoms with Crippen molar-refractivity contribution in [1.29, 1.82) is 0 Å². The number of carbonyl (C=O) groups is 2. The zero-order valence-corrected chi connectivity index (χ0v) is 14.7. The number of aromatic carboxylic acids is 1. The molecule has 1 heterocycles. The third kappa shape index (κ3) is 4.48. The number of benzene rings is 2. The zero-order chi connectivity index (χ0) is 19.4. The smallest absolute Gasteiger partial charge is 0.373 e. The van der Waals surface area contributed by atoms with Crippen LogP contribution < -0.4 is 5.32 Å². The van der Waals surface area contributed by atoms with Crippen molar-refractivity contribution in [2.45, 2.75) is 13.1 Å². The molecule has 27 heavy (non-hydrogen) atoms. The van der Waals surface area contributed by atoms with E-state index in [1.54, 1.807) is 0 Å². The van der Waals surface area contributed by atoms with Crippen molar-refractivity contribution >= 4 is 23.5 Å². The number of nitrogens with zero attached hydrogens (tertiary/aromatic N) is 3. The van der Waals surface area contributed by atoms with Gasteiger partial charge in [-0.3, -0.25) is 4.79 Å². The average molecular weight is 389 g/mol. The lowest BCUT2D eigenvalue weighted by Gasteiger charge is -2.06. The fraction of sp³-hybridized carbons (Fsp3) is 0.111. The quantitative estimate of drug-likeness (QED) is 0.676. The molecule has 0 unspecified atom stereocenters. The minimum atomic E-state index is -1.35. The lowest BCUT2D eigenvalue weighted by molar-refractivity contribution is -0.122. The van der Waals surface area contributed by atoms with Gasteiger partial charge in [-0.05, 0) is 23.8 Å². The van der Waals surface area contributed by atoms with Crippen molar-refractivity contribution in [3.63, 3.8) is 0 Å². The van der Waals surface area contributed by atoms with Gasteiger partial charge < -0.3 is 10.4 Å². The standard InChI is InChI=1S/C18H14ClFN4O3/c19-13-7-6-12(8-14(13)20)16-22-17(18(26)27)24(23-16)10-15(25)21-9-11-4-2-1-3-5-11/h1-8H,9-10H2,(H,21,25)(H,26,27). The summed E-state index contributed by atoms with van der Waals surface area (Å²) in [5.74, 6) is -2.89. The summed E-state index contributed by atoms with van der Waals surface area (Å²) in [6.07, 6.45) is 0. The monoisotopic (exact) mass is 388 g/mol. The van der Waals surface area contributed by atoms with E-state index in [2.05, 4.69) is 15.4 Å². The van der Waals surface area contributed by atoms with Crippen molar-refractivity contribution in [3.05, 3.63) is 70.8 Å². The normalized spacial score (nSPS) is 10.6. The second kappa shape index (κ2) is 7.96. The first-order chi connectivity index (χ1) is 12.9. The molecule has 3 rings (SSSR count). The summed E-state index contributed by atoms with van der Waals surface area (Å²) in [5.41, 5.74) is 1.16. The van der Waals surface area contributed by atoms with Gasteiger partial charge in [-0.15, -0.1) is 5.10 Å². The van der Waals surface area contributed by atoms with Crippen LogP contribution in [0.3, 0.4) is 0 Å². The van der Waals surface area contributed by atoms with Crippen LogP contribution in [-0.2, 0) is 17.9 Å². The second-order valence-electron chi connectivity index (χ2n) is 5.61. The van der Waals surface area contributed by atoms with Gasteiger partial charge in [-0.1, -0.05) is 41.9 Å². The Morgan fingerprint density at radius 2 is 1.93 bits per heavy atom. The highest BCUT2D eigenvalue weighted by Crippen LogP contribution is 2.22. The fourth-order valence-electron chi connectivity index (χ4n) is 2.36. The molecular weight excluding hydrogens is 375 g/mol. The van der Waals surface area contributed by atoms with Crippen molar-refractivity contribution in [2.75, 3.05) is 0 Å². The van der Waals surface area contributed by atoms with Crippen LogP contribution in [0.2, 0.25) is 5.02 Å². The summed E-state index contributed by atoms with van der Waals surface area (Å²) < 4.78 is 14.6. The average Bonchev–Trinajstić information content (AvgIpc) is 3.07. The van der Waals surface area contributed by atoms with E-state index in [4.69, 9.17) is 11.6 Å². The maximum Gasteiger partial charge on any atom is 0.373 e. The number of rotatable bonds is 6. The van der Waals surface area contributed by atoms with Crippen molar-refractivity contribution < 1.29 is 19.1 Å². The molecule has 0 radical (unpaired) electrons. The summed E-state index contributed by atoms with van der Waals surface area (Å²) in [6.45, 7) is -0.0381. The molecule has 0 saturated heterocycles. The highest BCUT2D eigenvalue weighted by Gasteiger charge is 2.20. The Morgan fingerprint density at radius 1 is 1.19 bits per heavy atom. The van der Waals surface area contributed by atoms with E-state index in [0.717, 1.165) is 16.3 Å². The van der Waals surface area contributed by atoms with Crippen LogP contribution in [0.5, 0.6) is 0 Å². The van der Waals surface area contributed by atoms with Gasteiger partial charge in [0.15, 0.2) is 5.82 Å². The van der Waals surface area contributed by atoms with Crippen LogP contribution in [0.4, 0.5) is 4.39 Å². The molecule has 0 aliphatic heterocycles. The lowest BCUT2D eigenvalue weighted by Crippen LogP contribution is -2.29. The molecule has 2 N–H and O–H groups in total. The predicted octanol–water partition coefficient (Wildman–Crippen LogP) is 2.75. The molecule has 9 heteroatoms. The first-order valence-corrected chi connectivity index (χ1v) is 8.26. The summed E-state index contributed by atoms with van der Waals surface area (Å²) in [6, 6.07) is 13.1. The molecule has 138 valence electrons. The largest absolute Gasteiger partial charge is 0.475 e. The minimum absolute atomic E-state index is 0.0150. The number of hydrogen-bond acceptors (Lipinski definition) is 4. The van der Waals surface area contributed by atoms with Crippen LogP contribution in [0.25, 0.3) is 11.4 Å². The summed E-state index contributed by atoms with van der Waals surface area (Å²) in [7, 11) is 0. The van der Waals surface area contributed by atoms with E-state index in [-0.39, 0.29) is 23.0 Å². The third-order valence-corrected chi connectivity index (χ3v) is 3.97. The van der Waals surface area contributed by atoms with Gasteiger partial charge in [0.1, 0.15) is 12.4 Å². The first kappa shape index (κ1) is 18.5. The van der Waals surface area contributed by atoms with Gasteiger partial charge >= 0.3 is 5.97 Å². The highest BCUT2D eigenvalue weighted by atomic mass is 35.5. The molecule has 0 saturated carbocycles. The Kier molecular flexibility index (Phi) is 5.46. The molecule has 7 nitrogen and oxygen atoms in total. The van der Waals surface area contributed by atoms with Crippen molar-refractivity contribution in [2.24, 2.45) is 0 Å². The van der Waals surface area contributed by atoms with Crippen LogP contribution in [-0.4, -0.2) is 31.7 Å². The molecule has 0 spiro atoms. The molecular formula is C18H14ClFN4O3. The van der Waals surface area contributed by atoms with E-state index in [9.17, 15) is 19.1 Å². The number of carbonyl (C=O) groups excluding carboxylic acids is 1. The Labute approximate surface area is 158 Å². The number of amides is 1. The molecule has 1 amide bonds. The summed E-state index contributed by atoms with van der Waals surface area (Å²) in [5, 5.41) is 15.9. The number of halogens is 2. The maximum atomic E-state index is 13.6. The van der Waals surface area contributed by atoms with E-state index < -0.39 is 23.5 Å². The van der Waals surface area contributed by atoms with Crippen LogP contribution >= 0.6 is 11.6 Å². The third-order valence-electron chi connectivity index (χ3n) is 3.67. The van der Waals surface area contributed by atoms with Crippen LogP contribution in [0.1, 0.15) is 16.2 Å². The topological polar surface area (TPSA) is 97.1 Å². The van der Waals surface area contributed by atoms with Crippen molar-refractivity contribution in [1.82, 2.24) is 20.1 Å². The Hall–Kier alpha value is -3.26. The number of nitrogens with one attached hydrogen (secondary N) is 1. The van der Waals surface area contributed by atoms with Gasteiger partial charge in [0, 0.05) is 12.1 Å². The molecule has 0 fully saturated rings. The molecule has 0 aliphatic rings. The zero-order valence-electron chi connectivity index (χ0n) is 13.9. The van der Waals surface area contributed by atoms with Gasteiger partial charge in [-0.2, -0.15) is 0 Å². The van der Waals surface area contributed by atoms with Gasteiger partial charge in [0.25, 0.3) is 0 Å². The Balaban J connectivity index is 1.78. The fourth-order valence-corrected chi connectivity index (χ4v) is 2.47. The molecule has 1 aromatic heterocycles. The Morgan fingerprint density at radius 3 is 2.59 bits per heavy atom. The maximum absolute atomic E-state index is 13.6. The molecule has 0 bridgehead atoms. The number of aromatic nitrogens is 3. The van der Waals surface area contributed by atoms with E-state index in [1.165, 1.54) is 12.1 Å². The molecule has 2 aromatic carbocycles. The molecule has 0 aliphatic carbocycles. The minimum Gasteiger partial charge on any atom is -0.475 e. The molecule has 3 aromatic rings. The molecule has 0 atom stereocenters. The van der Waals surface area contributed by atoms with Gasteiger partial charge in [0.2, 0.25) is 11.7 Å². The number of carboxylic acids is 1. The number of hydrogen-bond donors (Lipinski definition) is 2. The predicted molar refractivity (Wildman–Crippen MR) is 95.7 cm³/mol. The first-order valence-electron chi connectivity index (χ1n) is 7.88. The van der Waals surface area contributed by atoms with E-state index >= 15 is 0 Å². The van der Waals surface area contributed by atoms with Gasteiger partial charge in [0.05, 0.1) is 5.02 Å². The van der Waals surface area contributed by atoms with Gasteiger partial charge in [-0.25, -0.2) is 18.9 Å². The van der Waals surface area contributed by atoms with E-state index in [1.807, 2.05) is 30.3 Å². The van der Waals surface area contributed by atoms with E-state index in [0.29, 0.717) is 6.54 Å². The van der Waals surface area contributed by atoms with Crippen LogP contribution in [0.15, 0.2) is 48.5 Å². The summed E-state index contributed by atoms with van der Waals surface area (Å²) >= 11 is 5.64. The second-order valence-corrected chi connectivity index (χ2v) is 6.02. The summed E-state index contributed by atoms with van der Waals surface area (Å²) in [4.78, 5) is 27.4. The SMILES string of the molecule is O=C(Cn1nc(-c2ccc(Cl)c(F)c2)nc1C(=O)O)NCc1ccccc1. The van der Waals surface area contributed by atoms with Crippen molar-refractivity contribution in [3.8, 4) is 11.4 Å².